The summed E-state index contributed by atoms with van der Waals surface area (Å²) < 4.78 is 7.27. The molecule has 1 aromatic carbocycles. The molecule has 2 aromatic heterocycles. The van der Waals surface area contributed by atoms with Crippen molar-refractivity contribution in [1.29, 1.82) is 0 Å². The van der Waals surface area contributed by atoms with E-state index in [1.165, 1.54) is 18.7 Å². The second-order valence-electron chi connectivity index (χ2n) is 7.59. The number of esters is 1. The van der Waals surface area contributed by atoms with Crippen molar-refractivity contribution in [3.8, 4) is 0 Å². The van der Waals surface area contributed by atoms with Gasteiger partial charge in [0.15, 0.2) is 0 Å². The largest absolute Gasteiger partial charge is 0.465 e. The molecule has 0 saturated heterocycles. The number of carbonyl (C=O) groups excluding carboxylic acids is 1. The van der Waals surface area contributed by atoms with E-state index in [9.17, 15) is 14.4 Å². The minimum absolute atomic E-state index is 0.338. The first-order chi connectivity index (χ1) is 14.2. The summed E-state index contributed by atoms with van der Waals surface area (Å²) in [7, 11) is 4.46. The zero-order valence-corrected chi connectivity index (χ0v) is 18.6. The molecule has 3 aromatic rings. The van der Waals surface area contributed by atoms with E-state index in [2.05, 4.69) is 18.8 Å². The van der Waals surface area contributed by atoms with Crippen LogP contribution < -0.4 is 11.2 Å². The SMILES string of the molecule is COC(=O)c1ccc(CSc2c(CC(C)C)cnc3c2c(=O)n(C)c(=O)n3C)cc1. The van der Waals surface area contributed by atoms with Gasteiger partial charge in [-0.1, -0.05) is 26.0 Å². The maximum atomic E-state index is 13.0. The molecule has 8 heteroatoms. The molecule has 0 saturated carbocycles. The molecule has 0 fully saturated rings. The fraction of sp³-hybridized carbons (Fsp3) is 0.364. The van der Waals surface area contributed by atoms with Gasteiger partial charge in [0, 0.05) is 30.9 Å². The van der Waals surface area contributed by atoms with Crippen molar-refractivity contribution in [3.63, 3.8) is 0 Å². The van der Waals surface area contributed by atoms with E-state index >= 15 is 0 Å². The second kappa shape index (κ2) is 8.87. The van der Waals surface area contributed by atoms with Gasteiger partial charge in [-0.05, 0) is 35.6 Å². The van der Waals surface area contributed by atoms with E-state index < -0.39 is 5.69 Å². The molecular weight excluding hydrogens is 402 g/mol. The quantitative estimate of drug-likeness (QED) is 0.444. The second-order valence-corrected chi connectivity index (χ2v) is 8.58. The molecule has 2 heterocycles. The van der Waals surface area contributed by atoms with E-state index in [-0.39, 0.29) is 11.5 Å². The van der Waals surface area contributed by atoms with E-state index in [4.69, 9.17) is 4.74 Å². The Morgan fingerprint density at radius 3 is 2.40 bits per heavy atom. The Morgan fingerprint density at radius 1 is 1.13 bits per heavy atom. The number of carbonyl (C=O) groups is 1. The average molecular weight is 428 g/mol. The number of benzene rings is 1. The summed E-state index contributed by atoms with van der Waals surface area (Å²) in [5.74, 6) is 0.620. The first-order valence-electron chi connectivity index (χ1n) is 9.62. The molecule has 7 nitrogen and oxygen atoms in total. The van der Waals surface area contributed by atoms with E-state index in [1.54, 1.807) is 37.1 Å². The first kappa shape index (κ1) is 21.8. The number of nitrogens with zero attached hydrogens (tertiary/aromatic N) is 3. The third-order valence-corrected chi connectivity index (χ3v) is 6.11. The van der Waals surface area contributed by atoms with Crippen molar-refractivity contribution in [3.05, 3.63) is 68.0 Å². The molecular formula is C22H25N3O4S. The van der Waals surface area contributed by atoms with Crippen molar-refractivity contribution in [2.75, 3.05) is 7.11 Å². The van der Waals surface area contributed by atoms with Gasteiger partial charge >= 0.3 is 11.7 Å². The fourth-order valence-electron chi connectivity index (χ4n) is 3.30. The molecule has 0 bridgehead atoms. The Balaban J connectivity index is 2.07. The predicted molar refractivity (Wildman–Crippen MR) is 118 cm³/mol. The summed E-state index contributed by atoms with van der Waals surface area (Å²) in [6.45, 7) is 4.23. The summed E-state index contributed by atoms with van der Waals surface area (Å²) in [4.78, 5) is 42.2. The first-order valence-corrected chi connectivity index (χ1v) is 10.6. The lowest BCUT2D eigenvalue weighted by Crippen LogP contribution is -2.37. The number of rotatable bonds is 6. The highest BCUT2D eigenvalue weighted by molar-refractivity contribution is 7.98. The molecule has 0 aliphatic heterocycles. The van der Waals surface area contributed by atoms with Gasteiger partial charge < -0.3 is 4.74 Å². The van der Waals surface area contributed by atoms with Crippen LogP contribution in [0.4, 0.5) is 0 Å². The van der Waals surface area contributed by atoms with E-state index in [0.29, 0.717) is 28.3 Å². The summed E-state index contributed by atoms with van der Waals surface area (Å²) in [5, 5.41) is 0.467. The van der Waals surface area contributed by atoms with Gasteiger partial charge in [-0.15, -0.1) is 11.8 Å². The Hall–Kier alpha value is -2.87. The third kappa shape index (κ3) is 4.18. The summed E-state index contributed by atoms with van der Waals surface area (Å²) in [5.41, 5.74) is 2.14. The van der Waals surface area contributed by atoms with Gasteiger partial charge in [0.25, 0.3) is 5.56 Å². The van der Waals surface area contributed by atoms with Crippen LogP contribution >= 0.6 is 11.8 Å². The van der Waals surface area contributed by atoms with Crippen LogP contribution in [0.1, 0.15) is 35.3 Å². The Bertz CT molecular complexity index is 1210. The van der Waals surface area contributed by atoms with Gasteiger partial charge in [-0.25, -0.2) is 14.6 Å². The number of thioether (sulfide) groups is 1. The number of aromatic nitrogens is 3. The lowest BCUT2D eigenvalue weighted by atomic mass is 10.0. The number of methoxy groups -OCH3 is 1. The molecule has 0 aliphatic rings. The maximum absolute atomic E-state index is 13.0. The number of fused-ring (bicyclic) bond motifs is 1. The van der Waals surface area contributed by atoms with Crippen molar-refractivity contribution >= 4 is 28.8 Å². The van der Waals surface area contributed by atoms with Crippen LogP contribution in [-0.4, -0.2) is 27.2 Å². The number of ether oxygens (including phenoxy) is 1. The van der Waals surface area contributed by atoms with Crippen LogP contribution in [-0.2, 0) is 31.0 Å². The lowest BCUT2D eigenvalue weighted by molar-refractivity contribution is 0.0600. The van der Waals surface area contributed by atoms with Crippen LogP contribution in [0.25, 0.3) is 11.0 Å². The Labute approximate surface area is 178 Å². The lowest BCUT2D eigenvalue weighted by Gasteiger charge is -2.15. The summed E-state index contributed by atoms with van der Waals surface area (Å²) >= 11 is 1.54. The minimum atomic E-state index is -0.397. The summed E-state index contributed by atoms with van der Waals surface area (Å²) in [6, 6.07) is 7.20. The average Bonchev–Trinajstić information content (AvgIpc) is 2.74. The zero-order valence-electron chi connectivity index (χ0n) is 17.8. The molecule has 3 rings (SSSR count). The minimum Gasteiger partial charge on any atom is -0.465 e. The Kier molecular flexibility index (Phi) is 6.45. The highest BCUT2D eigenvalue weighted by atomic mass is 32.2. The van der Waals surface area contributed by atoms with Gasteiger partial charge in [-0.3, -0.25) is 13.9 Å². The molecule has 0 aliphatic carbocycles. The van der Waals surface area contributed by atoms with Crippen LogP contribution in [0.3, 0.4) is 0 Å². The molecule has 0 unspecified atom stereocenters. The van der Waals surface area contributed by atoms with Crippen LogP contribution in [0, 0.1) is 5.92 Å². The number of aryl methyl sites for hydroxylation is 1. The van der Waals surface area contributed by atoms with Crippen molar-refractivity contribution < 1.29 is 9.53 Å². The third-order valence-electron chi connectivity index (χ3n) is 4.88. The molecule has 0 amide bonds. The normalized spacial score (nSPS) is 11.3. The molecule has 0 atom stereocenters. The maximum Gasteiger partial charge on any atom is 0.337 e. The number of pyridine rings is 1. The van der Waals surface area contributed by atoms with Gasteiger partial charge in [0.05, 0.1) is 18.1 Å². The monoisotopic (exact) mass is 427 g/mol. The number of hydrogen-bond acceptors (Lipinski definition) is 6. The predicted octanol–water partition coefficient (Wildman–Crippen LogP) is 2.91. The van der Waals surface area contributed by atoms with Crippen LogP contribution in [0.2, 0.25) is 0 Å². The Morgan fingerprint density at radius 2 is 1.80 bits per heavy atom. The fourth-order valence-corrected chi connectivity index (χ4v) is 4.45. The standard InChI is InChI=1S/C22H25N3O4S/c1-13(2)10-16-11-23-19-17(20(26)25(4)22(28)24(19)3)18(16)30-12-14-6-8-15(9-7-14)21(27)29-5/h6-9,11,13H,10,12H2,1-5H3. The zero-order chi connectivity index (χ0) is 22.0. The number of hydrogen-bond donors (Lipinski definition) is 0. The van der Waals surface area contributed by atoms with E-state index in [1.807, 2.05) is 12.1 Å². The highest BCUT2D eigenvalue weighted by Crippen LogP contribution is 2.32. The van der Waals surface area contributed by atoms with Crippen LogP contribution in [0.15, 0.2) is 44.9 Å². The van der Waals surface area contributed by atoms with E-state index in [0.717, 1.165) is 27.0 Å². The van der Waals surface area contributed by atoms with Gasteiger partial charge in [0.1, 0.15) is 5.65 Å². The van der Waals surface area contributed by atoms with Crippen LogP contribution in [0.5, 0.6) is 0 Å². The molecule has 0 N–H and O–H groups in total. The summed E-state index contributed by atoms with van der Waals surface area (Å²) in [6.07, 6.45) is 2.54. The van der Waals surface area contributed by atoms with Gasteiger partial charge in [-0.2, -0.15) is 0 Å². The van der Waals surface area contributed by atoms with Gasteiger partial charge in [0.2, 0.25) is 0 Å². The molecule has 0 radical (unpaired) electrons. The van der Waals surface area contributed by atoms with Crippen molar-refractivity contribution in [2.24, 2.45) is 20.0 Å². The molecule has 0 spiro atoms. The highest BCUT2D eigenvalue weighted by Gasteiger charge is 2.18. The smallest absolute Gasteiger partial charge is 0.337 e. The molecule has 30 heavy (non-hydrogen) atoms. The topological polar surface area (TPSA) is 83.2 Å². The van der Waals surface area contributed by atoms with Crippen molar-refractivity contribution in [2.45, 2.75) is 30.9 Å². The van der Waals surface area contributed by atoms with Crippen molar-refractivity contribution in [1.82, 2.24) is 14.1 Å². The molecule has 158 valence electrons.